The minimum absolute atomic E-state index is 0.223. The summed E-state index contributed by atoms with van der Waals surface area (Å²) < 4.78 is 34.4. The summed E-state index contributed by atoms with van der Waals surface area (Å²) in [6.07, 6.45) is 46.6. The first-order valence-electron chi connectivity index (χ1n) is 36.5. The standard InChI is InChI=1S/C75H129NO18/c1-3-5-7-9-11-13-15-17-19-21-23-25-27-28-29-30-31-33-35-37-39-41-43-45-47-49-51-53-63(81)76-58(59(80)52-50-48-46-44-42-40-38-36-34-32-26-24-22-20-18-16-14-12-10-8-6-4-2)57-89-73-69(87)66(84)71(61(55-78)91-73)94-75-70(88)67(85)72(62(56-79)92-75)93-74-68(86)65(83)64(82)60(54-77)90-74/h5,7,11,13,17,19,23,25,28-29,34,36,42,44,50,52,58-62,64-75,77-80,82-88H,3-4,6,8-10,12,14-16,18,20-22,24,26-27,30-33,35,37-41,43,45-49,51,53-57H2,1-2H3,(H,76,81)/b7-5-,13-11-,19-17-,25-23-,29-28-,36-34+,44-42+,52-50+. The molecule has 3 rings (SSSR count). The number of unbranched alkanes of at least 4 members (excludes halogenated alkanes) is 25. The zero-order valence-electron chi connectivity index (χ0n) is 57.4. The second kappa shape index (κ2) is 55.6. The summed E-state index contributed by atoms with van der Waals surface area (Å²) in [6, 6.07) is -1.01. The third-order valence-corrected chi connectivity index (χ3v) is 17.6. The summed E-state index contributed by atoms with van der Waals surface area (Å²) in [4.78, 5) is 13.4. The van der Waals surface area contributed by atoms with Crippen molar-refractivity contribution in [2.75, 3.05) is 26.4 Å². The van der Waals surface area contributed by atoms with E-state index in [1.807, 2.05) is 6.08 Å². The first kappa shape index (κ1) is 84.9. The molecule has 542 valence electrons. The molecule has 3 fully saturated rings. The summed E-state index contributed by atoms with van der Waals surface area (Å²) in [5.74, 6) is -0.296. The van der Waals surface area contributed by atoms with E-state index >= 15 is 0 Å². The van der Waals surface area contributed by atoms with Crippen molar-refractivity contribution in [2.45, 2.75) is 343 Å². The third-order valence-electron chi connectivity index (χ3n) is 17.6. The molecule has 3 aliphatic heterocycles. The highest BCUT2D eigenvalue weighted by Gasteiger charge is 2.53. The molecule has 94 heavy (non-hydrogen) atoms. The van der Waals surface area contributed by atoms with Crippen molar-refractivity contribution >= 4 is 5.91 Å². The molecule has 0 saturated carbocycles. The highest BCUT2D eigenvalue weighted by atomic mass is 16.8. The topological polar surface area (TPSA) is 307 Å². The predicted molar refractivity (Wildman–Crippen MR) is 369 cm³/mol. The molecule has 0 aliphatic carbocycles. The van der Waals surface area contributed by atoms with Crippen LogP contribution in [0.5, 0.6) is 0 Å². The van der Waals surface area contributed by atoms with Gasteiger partial charge in [-0.3, -0.25) is 4.79 Å². The van der Waals surface area contributed by atoms with Gasteiger partial charge in [0, 0.05) is 6.42 Å². The van der Waals surface area contributed by atoms with Crippen LogP contribution in [0.25, 0.3) is 0 Å². The van der Waals surface area contributed by atoms with Crippen LogP contribution in [-0.2, 0) is 33.2 Å². The number of aliphatic hydroxyl groups excluding tert-OH is 11. The number of aliphatic hydroxyl groups is 11. The van der Waals surface area contributed by atoms with Crippen LogP contribution >= 0.6 is 0 Å². The van der Waals surface area contributed by atoms with Gasteiger partial charge < -0.3 is 89.9 Å². The Bertz CT molecular complexity index is 2080. The molecule has 0 aromatic rings. The maximum Gasteiger partial charge on any atom is 0.220 e. The number of carbonyl (C=O) groups is 1. The van der Waals surface area contributed by atoms with Gasteiger partial charge in [0.25, 0.3) is 0 Å². The van der Waals surface area contributed by atoms with Gasteiger partial charge in [0.1, 0.15) is 73.2 Å². The van der Waals surface area contributed by atoms with E-state index in [4.69, 9.17) is 28.4 Å². The fourth-order valence-electron chi connectivity index (χ4n) is 11.7. The molecule has 17 unspecified atom stereocenters. The molecule has 19 heteroatoms. The van der Waals surface area contributed by atoms with E-state index in [-0.39, 0.29) is 18.9 Å². The van der Waals surface area contributed by atoms with E-state index in [2.05, 4.69) is 104 Å². The van der Waals surface area contributed by atoms with E-state index in [0.29, 0.717) is 12.8 Å². The SMILES string of the molecule is CC/C=C\C/C=C\C/C=C\C/C=C\C/C=C\CCCCCCCCCCCCCC(=O)NC(COC1OC(CO)C(OC2OC(CO)C(OC3OC(CO)C(O)C(O)C3O)C(O)C2O)C(O)C1O)C(O)/C=C/CC/C=C/CC/C=C/CCCCCCCCCCCCCC. The van der Waals surface area contributed by atoms with E-state index in [1.54, 1.807) is 6.08 Å². The van der Waals surface area contributed by atoms with Crippen LogP contribution in [0, 0.1) is 0 Å². The third kappa shape index (κ3) is 36.5. The lowest BCUT2D eigenvalue weighted by Gasteiger charge is -2.48. The van der Waals surface area contributed by atoms with Crippen molar-refractivity contribution in [3.05, 3.63) is 97.2 Å². The number of nitrogens with one attached hydrogen (secondary N) is 1. The van der Waals surface area contributed by atoms with Crippen molar-refractivity contribution in [3.63, 3.8) is 0 Å². The molecule has 19 nitrogen and oxygen atoms in total. The van der Waals surface area contributed by atoms with Crippen LogP contribution in [0.4, 0.5) is 0 Å². The number of hydrogen-bond donors (Lipinski definition) is 12. The number of amides is 1. The Kier molecular flexibility index (Phi) is 50.2. The quantitative estimate of drug-likeness (QED) is 0.0199. The number of allylic oxidation sites excluding steroid dienone is 15. The molecule has 1 amide bonds. The average molecular weight is 1330 g/mol. The molecule has 3 aliphatic rings. The van der Waals surface area contributed by atoms with Crippen LogP contribution in [0.1, 0.15) is 239 Å². The Balaban J connectivity index is 1.44. The molecular weight excluding hydrogens is 1200 g/mol. The van der Waals surface area contributed by atoms with Gasteiger partial charge in [-0.1, -0.05) is 239 Å². The molecule has 12 N–H and O–H groups in total. The number of carbonyl (C=O) groups excluding carboxylic acids is 1. The molecule has 3 saturated heterocycles. The second-order valence-corrected chi connectivity index (χ2v) is 25.6. The molecule has 0 radical (unpaired) electrons. The lowest BCUT2D eigenvalue weighted by Crippen LogP contribution is -2.66. The van der Waals surface area contributed by atoms with Gasteiger partial charge in [-0.15, -0.1) is 0 Å². The first-order chi connectivity index (χ1) is 45.8. The predicted octanol–water partition coefficient (Wildman–Crippen LogP) is 10.4. The van der Waals surface area contributed by atoms with Crippen molar-refractivity contribution in [3.8, 4) is 0 Å². The smallest absolute Gasteiger partial charge is 0.220 e. The Morgan fingerprint density at radius 1 is 0.394 bits per heavy atom. The zero-order chi connectivity index (χ0) is 68.2. The highest BCUT2D eigenvalue weighted by molar-refractivity contribution is 5.76. The maximum absolute atomic E-state index is 13.4. The Morgan fingerprint density at radius 2 is 0.745 bits per heavy atom. The Labute approximate surface area is 564 Å². The summed E-state index contributed by atoms with van der Waals surface area (Å²) in [7, 11) is 0. The van der Waals surface area contributed by atoms with E-state index in [9.17, 15) is 61.0 Å². The van der Waals surface area contributed by atoms with Gasteiger partial charge >= 0.3 is 0 Å². The number of rotatable bonds is 55. The minimum Gasteiger partial charge on any atom is -0.394 e. The Hall–Kier alpha value is -3.29. The maximum atomic E-state index is 13.4. The molecule has 17 atom stereocenters. The van der Waals surface area contributed by atoms with Gasteiger partial charge in [0.2, 0.25) is 5.91 Å². The zero-order valence-corrected chi connectivity index (χ0v) is 57.4. The Morgan fingerprint density at radius 3 is 1.19 bits per heavy atom. The summed E-state index contributed by atoms with van der Waals surface area (Å²) in [6.45, 7) is 1.59. The summed E-state index contributed by atoms with van der Waals surface area (Å²) in [5, 5.41) is 121. The van der Waals surface area contributed by atoms with E-state index < -0.39 is 124 Å². The molecule has 0 spiro atoms. The highest BCUT2D eigenvalue weighted by Crippen LogP contribution is 2.33. The van der Waals surface area contributed by atoms with Crippen molar-refractivity contribution in [1.29, 1.82) is 0 Å². The average Bonchev–Trinajstić information content (AvgIpc) is 0.787. The number of ether oxygens (including phenoxy) is 6. The molecule has 0 aromatic carbocycles. The lowest BCUT2D eigenvalue weighted by atomic mass is 9.96. The molecule has 0 aromatic heterocycles. The fourth-order valence-corrected chi connectivity index (χ4v) is 11.7. The van der Waals surface area contributed by atoms with Crippen LogP contribution in [0.3, 0.4) is 0 Å². The van der Waals surface area contributed by atoms with Crippen molar-refractivity contribution < 1.29 is 89.4 Å². The first-order valence-corrected chi connectivity index (χ1v) is 36.5. The van der Waals surface area contributed by atoms with Crippen molar-refractivity contribution in [2.24, 2.45) is 0 Å². The lowest BCUT2D eigenvalue weighted by molar-refractivity contribution is -0.379. The van der Waals surface area contributed by atoms with Gasteiger partial charge in [-0.25, -0.2) is 0 Å². The second-order valence-electron chi connectivity index (χ2n) is 25.6. The van der Waals surface area contributed by atoms with Gasteiger partial charge in [-0.2, -0.15) is 0 Å². The number of hydrogen-bond acceptors (Lipinski definition) is 18. The van der Waals surface area contributed by atoms with Gasteiger partial charge in [0.05, 0.1) is 38.6 Å². The molecule has 0 bridgehead atoms. The monoisotopic (exact) mass is 1330 g/mol. The molecular formula is C75H129NO18. The van der Waals surface area contributed by atoms with E-state index in [0.717, 1.165) is 89.9 Å². The molecule has 3 heterocycles. The van der Waals surface area contributed by atoms with Crippen LogP contribution < -0.4 is 5.32 Å². The van der Waals surface area contributed by atoms with E-state index in [1.165, 1.54) is 116 Å². The summed E-state index contributed by atoms with van der Waals surface area (Å²) >= 11 is 0. The largest absolute Gasteiger partial charge is 0.394 e. The fraction of sp³-hybridized carbons (Fsp3) is 0.773. The van der Waals surface area contributed by atoms with Gasteiger partial charge in [-0.05, 0) is 89.9 Å². The van der Waals surface area contributed by atoms with Crippen molar-refractivity contribution in [1.82, 2.24) is 5.32 Å². The summed E-state index contributed by atoms with van der Waals surface area (Å²) in [5.41, 5.74) is 0. The van der Waals surface area contributed by atoms with Crippen LogP contribution in [0.15, 0.2) is 97.2 Å². The van der Waals surface area contributed by atoms with Crippen LogP contribution in [-0.4, -0.2) is 193 Å². The van der Waals surface area contributed by atoms with Gasteiger partial charge in [0.15, 0.2) is 18.9 Å². The van der Waals surface area contributed by atoms with Crippen LogP contribution in [0.2, 0.25) is 0 Å². The normalized spacial score (nSPS) is 27.9. The minimum atomic E-state index is -1.99.